The Morgan fingerprint density at radius 3 is 2.39 bits per heavy atom. The lowest BCUT2D eigenvalue weighted by Gasteiger charge is -2.51. The Balaban J connectivity index is 2.15. The fraction of sp³-hybridized carbons (Fsp3) is 1.00. The summed E-state index contributed by atoms with van der Waals surface area (Å²) in [7, 11) is 0. The summed E-state index contributed by atoms with van der Waals surface area (Å²) >= 11 is 0. The molecule has 2 heteroatoms. The third kappa shape index (κ3) is 2.46. The molecule has 1 saturated carbocycles. The minimum absolute atomic E-state index is 0.366. The van der Waals surface area contributed by atoms with Gasteiger partial charge in [-0.2, -0.15) is 0 Å². The van der Waals surface area contributed by atoms with Crippen molar-refractivity contribution in [3.05, 3.63) is 0 Å². The van der Waals surface area contributed by atoms with E-state index in [1.165, 1.54) is 38.6 Å². The summed E-state index contributed by atoms with van der Waals surface area (Å²) in [5.74, 6) is 0. The van der Waals surface area contributed by atoms with Crippen molar-refractivity contribution in [3.63, 3.8) is 0 Å². The molecule has 0 spiro atoms. The topological polar surface area (TPSA) is 15.3 Å². The van der Waals surface area contributed by atoms with Gasteiger partial charge in [-0.15, -0.1) is 0 Å². The van der Waals surface area contributed by atoms with Gasteiger partial charge >= 0.3 is 0 Å². The lowest BCUT2D eigenvalue weighted by Crippen LogP contribution is -2.66. The first-order valence-electron chi connectivity index (χ1n) is 7.95. The zero-order chi connectivity index (χ0) is 13.4. The molecule has 1 aliphatic heterocycles. The molecule has 1 aliphatic carbocycles. The van der Waals surface area contributed by atoms with E-state index in [4.69, 9.17) is 0 Å². The largest absolute Gasteiger partial charge is 0.308 e. The summed E-state index contributed by atoms with van der Waals surface area (Å²) in [6.07, 6.45) is 6.72. The van der Waals surface area contributed by atoms with Crippen LogP contribution in [-0.2, 0) is 0 Å². The molecule has 0 aromatic heterocycles. The van der Waals surface area contributed by atoms with Gasteiger partial charge in [-0.25, -0.2) is 0 Å². The lowest BCUT2D eigenvalue weighted by molar-refractivity contribution is 0.00956. The molecule has 0 aromatic carbocycles. The first-order valence-corrected chi connectivity index (χ1v) is 7.95. The number of hydrogen-bond acceptors (Lipinski definition) is 2. The van der Waals surface area contributed by atoms with Gasteiger partial charge in [0, 0.05) is 30.7 Å². The fourth-order valence-electron chi connectivity index (χ4n) is 4.11. The second-order valence-electron chi connectivity index (χ2n) is 7.29. The minimum Gasteiger partial charge on any atom is -0.308 e. The van der Waals surface area contributed by atoms with Crippen LogP contribution in [0.1, 0.15) is 66.7 Å². The van der Waals surface area contributed by atoms with Crippen LogP contribution in [0, 0.1) is 5.41 Å². The molecular weight excluding hydrogens is 220 g/mol. The molecule has 2 aliphatic rings. The maximum absolute atomic E-state index is 3.82. The number of nitrogens with zero attached hydrogens (tertiary/aromatic N) is 1. The van der Waals surface area contributed by atoms with E-state index in [2.05, 4.69) is 44.8 Å². The Morgan fingerprint density at radius 2 is 1.89 bits per heavy atom. The van der Waals surface area contributed by atoms with Gasteiger partial charge in [-0.3, -0.25) is 4.90 Å². The monoisotopic (exact) mass is 252 g/mol. The van der Waals surface area contributed by atoms with Gasteiger partial charge in [-0.05, 0) is 38.0 Å². The van der Waals surface area contributed by atoms with Crippen molar-refractivity contribution in [2.45, 2.75) is 84.3 Å². The Bertz CT molecular complexity index is 281. The Labute approximate surface area is 114 Å². The van der Waals surface area contributed by atoms with Crippen LogP contribution in [0.5, 0.6) is 0 Å². The Hall–Kier alpha value is -0.0800. The number of hydrogen-bond donors (Lipinski definition) is 1. The molecule has 2 nitrogen and oxygen atoms in total. The number of nitrogens with one attached hydrogen (secondary N) is 1. The highest BCUT2D eigenvalue weighted by atomic mass is 15.3. The van der Waals surface area contributed by atoms with Crippen LogP contribution in [-0.4, -0.2) is 35.6 Å². The molecule has 2 rings (SSSR count). The zero-order valence-electron chi connectivity index (χ0n) is 13.1. The molecule has 1 N–H and O–H groups in total. The van der Waals surface area contributed by atoms with Crippen molar-refractivity contribution in [2.24, 2.45) is 5.41 Å². The second-order valence-corrected chi connectivity index (χ2v) is 7.29. The van der Waals surface area contributed by atoms with E-state index in [0.29, 0.717) is 17.0 Å². The van der Waals surface area contributed by atoms with Crippen molar-refractivity contribution >= 4 is 0 Å². The highest BCUT2D eigenvalue weighted by molar-refractivity contribution is 5.02. The Kier molecular flexibility index (Phi) is 4.08. The Morgan fingerprint density at radius 1 is 1.22 bits per heavy atom. The van der Waals surface area contributed by atoms with Crippen LogP contribution in [0.25, 0.3) is 0 Å². The average Bonchev–Trinajstić information content (AvgIpc) is 2.70. The van der Waals surface area contributed by atoms with Crippen molar-refractivity contribution in [1.29, 1.82) is 0 Å². The third-order valence-corrected chi connectivity index (χ3v) is 5.78. The van der Waals surface area contributed by atoms with E-state index in [9.17, 15) is 0 Å². The van der Waals surface area contributed by atoms with Gasteiger partial charge in [0.25, 0.3) is 0 Å². The van der Waals surface area contributed by atoms with Crippen LogP contribution < -0.4 is 5.32 Å². The van der Waals surface area contributed by atoms with E-state index >= 15 is 0 Å². The van der Waals surface area contributed by atoms with E-state index in [1.54, 1.807) is 0 Å². The maximum atomic E-state index is 3.82. The van der Waals surface area contributed by atoms with Gasteiger partial charge in [0.15, 0.2) is 0 Å². The first-order chi connectivity index (χ1) is 8.44. The molecule has 0 aromatic rings. The van der Waals surface area contributed by atoms with Crippen molar-refractivity contribution < 1.29 is 0 Å². The van der Waals surface area contributed by atoms with E-state index in [-0.39, 0.29) is 0 Å². The molecule has 0 radical (unpaired) electrons. The normalized spacial score (nSPS) is 35.8. The standard InChI is InChI=1S/C16H32N2/c1-6-16(7-2)12-18(13(3)11-17-16)14-9-8-10-15(14,4)5/h13-14,17H,6-12H2,1-5H3. The number of rotatable bonds is 3. The average molecular weight is 252 g/mol. The molecule has 1 saturated heterocycles. The minimum atomic E-state index is 0.366. The fourth-order valence-corrected chi connectivity index (χ4v) is 4.11. The highest BCUT2D eigenvalue weighted by Gasteiger charge is 2.44. The second kappa shape index (κ2) is 5.13. The third-order valence-electron chi connectivity index (χ3n) is 5.78. The SMILES string of the molecule is CCC1(CC)CN(C2CCCC2(C)C)C(C)CN1. The van der Waals surface area contributed by atoms with Crippen LogP contribution >= 0.6 is 0 Å². The predicted octanol–water partition coefficient (Wildman–Crippen LogP) is 3.42. The molecule has 1 heterocycles. The quantitative estimate of drug-likeness (QED) is 0.828. The summed E-state index contributed by atoms with van der Waals surface area (Å²) in [4.78, 5) is 2.83. The lowest BCUT2D eigenvalue weighted by atomic mass is 9.82. The molecule has 2 unspecified atom stereocenters. The van der Waals surface area contributed by atoms with Crippen molar-refractivity contribution in [3.8, 4) is 0 Å². The molecule has 2 atom stereocenters. The smallest absolute Gasteiger partial charge is 0.0304 e. The van der Waals surface area contributed by atoms with Crippen LogP contribution in [0.15, 0.2) is 0 Å². The van der Waals surface area contributed by atoms with Gasteiger partial charge in [0.05, 0.1) is 0 Å². The summed E-state index contributed by atoms with van der Waals surface area (Å²) in [6, 6.07) is 1.49. The molecule has 0 bridgehead atoms. The summed E-state index contributed by atoms with van der Waals surface area (Å²) < 4.78 is 0. The van der Waals surface area contributed by atoms with Crippen LogP contribution in [0.2, 0.25) is 0 Å². The first kappa shape index (κ1) is 14.3. The van der Waals surface area contributed by atoms with E-state index in [1.807, 2.05) is 0 Å². The maximum Gasteiger partial charge on any atom is 0.0304 e. The molecular formula is C16H32N2. The summed E-state index contributed by atoms with van der Waals surface area (Å²) in [5.41, 5.74) is 0.879. The van der Waals surface area contributed by atoms with Gasteiger partial charge in [0.1, 0.15) is 0 Å². The van der Waals surface area contributed by atoms with E-state index in [0.717, 1.165) is 12.6 Å². The molecule has 0 amide bonds. The van der Waals surface area contributed by atoms with Gasteiger partial charge in [0.2, 0.25) is 0 Å². The zero-order valence-corrected chi connectivity index (χ0v) is 13.1. The summed E-state index contributed by atoms with van der Waals surface area (Å²) in [5, 5.41) is 3.82. The number of piperazine rings is 1. The van der Waals surface area contributed by atoms with Crippen LogP contribution in [0.3, 0.4) is 0 Å². The summed E-state index contributed by atoms with van der Waals surface area (Å²) in [6.45, 7) is 14.4. The van der Waals surface area contributed by atoms with Crippen molar-refractivity contribution in [2.75, 3.05) is 13.1 Å². The van der Waals surface area contributed by atoms with Crippen LogP contribution in [0.4, 0.5) is 0 Å². The van der Waals surface area contributed by atoms with Gasteiger partial charge < -0.3 is 5.32 Å². The van der Waals surface area contributed by atoms with Crippen molar-refractivity contribution in [1.82, 2.24) is 10.2 Å². The molecule has 18 heavy (non-hydrogen) atoms. The molecule has 2 fully saturated rings. The van der Waals surface area contributed by atoms with E-state index < -0.39 is 0 Å². The molecule has 106 valence electrons. The highest BCUT2D eigenvalue weighted by Crippen LogP contribution is 2.42. The predicted molar refractivity (Wildman–Crippen MR) is 78.9 cm³/mol. The van der Waals surface area contributed by atoms with Gasteiger partial charge in [-0.1, -0.05) is 34.1 Å².